The number of alkyl halides is 2. The normalized spacial score (nSPS) is 14.2. The molecule has 4 rings (SSSR count). The van der Waals surface area contributed by atoms with Crippen LogP contribution in [0.1, 0.15) is 34.1 Å². The Morgan fingerprint density at radius 2 is 1.84 bits per heavy atom. The number of rotatable bonds is 4. The molecule has 10 heteroatoms. The Labute approximate surface area is 184 Å². The summed E-state index contributed by atoms with van der Waals surface area (Å²) in [5, 5.41) is 4.25. The molecule has 0 atom stereocenters. The van der Waals surface area contributed by atoms with E-state index in [1.54, 1.807) is 18.0 Å². The van der Waals surface area contributed by atoms with Crippen LogP contribution in [-0.2, 0) is 6.54 Å². The van der Waals surface area contributed by atoms with Gasteiger partial charge >= 0.3 is 0 Å². The average molecular weight is 442 g/mol. The summed E-state index contributed by atoms with van der Waals surface area (Å²) in [6.45, 7) is 6.58. The van der Waals surface area contributed by atoms with E-state index in [1.165, 1.54) is 11.0 Å². The first-order chi connectivity index (χ1) is 15.0. The number of anilines is 2. The van der Waals surface area contributed by atoms with Gasteiger partial charge in [0.15, 0.2) is 0 Å². The van der Waals surface area contributed by atoms with Crippen molar-refractivity contribution in [3.63, 3.8) is 0 Å². The molecule has 0 fully saturated rings. The van der Waals surface area contributed by atoms with Crippen LogP contribution in [0.2, 0.25) is 0 Å². The molecule has 0 aliphatic carbocycles. The number of carbonyl (C=O) groups is 1. The van der Waals surface area contributed by atoms with E-state index in [0.29, 0.717) is 17.9 Å². The Kier molecular flexibility index (Phi) is 5.31. The number of benzene rings is 1. The van der Waals surface area contributed by atoms with Gasteiger partial charge < -0.3 is 15.4 Å². The summed E-state index contributed by atoms with van der Waals surface area (Å²) in [6.07, 6.45) is 2.90. The van der Waals surface area contributed by atoms with Gasteiger partial charge in [-0.1, -0.05) is 0 Å². The van der Waals surface area contributed by atoms with Crippen LogP contribution in [-0.4, -0.2) is 44.7 Å². The van der Waals surface area contributed by atoms with Crippen LogP contribution in [0, 0.1) is 20.8 Å². The summed E-state index contributed by atoms with van der Waals surface area (Å²) < 4.78 is 33.8. The monoisotopic (exact) mass is 442 g/mol. The highest BCUT2D eigenvalue weighted by atomic mass is 19.3. The summed E-state index contributed by atoms with van der Waals surface area (Å²) in [5.74, 6) is -2.96. The van der Waals surface area contributed by atoms with E-state index >= 15 is 0 Å². The van der Waals surface area contributed by atoms with Gasteiger partial charge in [-0.15, -0.1) is 0 Å². The first kappa shape index (κ1) is 21.7. The zero-order chi connectivity index (χ0) is 23.2. The Balaban J connectivity index is 1.73. The fourth-order valence-corrected chi connectivity index (χ4v) is 4.06. The number of nitrogens with two attached hydrogens (primary N) is 1. The predicted molar refractivity (Wildman–Crippen MR) is 116 cm³/mol. The molecule has 3 aromatic rings. The van der Waals surface area contributed by atoms with E-state index in [9.17, 15) is 13.6 Å². The molecule has 1 aliphatic rings. The number of amides is 1. The van der Waals surface area contributed by atoms with Crippen molar-refractivity contribution in [1.29, 1.82) is 0 Å². The third-order valence-electron chi connectivity index (χ3n) is 5.34. The molecule has 0 radical (unpaired) electrons. The van der Waals surface area contributed by atoms with Crippen molar-refractivity contribution in [2.45, 2.75) is 40.2 Å². The summed E-state index contributed by atoms with van der Waals surface area (Å²) in [5.41, 5.74) is 10.9. The summed E-state index contributed by atoms with van der Waals surface area (Å²) in [4.78, 5) is 22.8. The highest BCUT2D eigenvalue weighted by Gasteiger charge is 2.29. The third-order valence-corrected chi connectivity index (χ3v) is 5.34. The lowest BCUT2D eigenvalue weighted by atomic mass is 9.95. The topological polar surface area (TPSA) is 99.2 Å². The molecule has 2 aromatic heterocycles. The zero-order valence-electron chi connectivity index (χ0n) is 18.3. The molecule has 0 saturated heterocycles. The maximum Gasteiger partial charge on any atom is 0.267 e. The van der Waals surface area contributed by atoms with Crippen molar-refractivity contribution in [2.24, 2.45) is 0 Å². The van der Waals surface area contributed by atoms with Crippen LogP contribution in [0.5, 0.6) is 5.88 Å². The van der Waals surface area contributed by atoms with Crippen LogP contribution in [0.25, 0.3) is 11.1 Å². The molecular formula is C22H24F2N6O2. The molecule has 1 aliphatic heterocycles. The maximum atomic E-state index is 13.4. The lowest BCUT2D eigenvalue weighted by molar-refractivity contribution is 0.000541. The number of hydrogen-bond donors (Lipinski definition) is 1. The van der Waals surface area contributed by atoms with Gasteiger partial charge in [-0.2, -0.15) is 5.10 Å². The average Bonchev–Trinajstić information content (AvgIpc) is 2.91. The van der Waals surface area contributed by atoms with Gasteiger partial charge in [0.05, 0.1) is 12.2 Å². The number of aryl methyl sites for hydroxylation is 3. The number of fused-ring (bicyclic) bond motifs is 1. The van der Waals surface area contributed by atoms with Crippen molar-refractivity contribution >= 4 is 17.4 Å². The van der Waals surface area contributed by atoms with E-state index in [4.69, 9.17) is 10.5 Å². The lowest BCUT2D eigenvalue weighted by Gasteiger charge is -2.23. The van der Waals surface area contributed by atoms with Crippen LogP contribution < -0.4 is 15.4 Å². The quantitative estimate of drug-likeness (QED) is 0.664. The Morgan fingerprint density at radius 1 is 1.16 bits per heavy atom. The second kappa shape index (κ2) is 7.85. The minimum atomic E-state index is -2.86. The standard InChI is InChI=1S/C22H24F2N6O2/c1-12-7-15(30-5-6-32-20-18(21(30)31)19(25)26-11-27-20)8-13(2)17(12)16-9-29(28-14(16)3)10-22(4,23)24/h7-9,11H,5-6,10H2,1-4H3,(H2,25,26,27). The fourth-order valence-electron chi connectivity index (χ4n) is 4.06. The van der Waals surface area contributed by atoms with E-state index in [2.05, 4.69) is 15.1 Å². The SMILES string of the molecule is Cc1cc(N2CCOc3ncnc(N)c3C2=O)cc(C)c1-c1cn(CC(C)(F)F)nc1C. The van der Waals surface area contributed by atoms with Crippen molar-refractivity contribution in [3.8, 4) is 17.0 Å². The highest BCUT2D eigenvalue weighted by molar-refractivity contribution is 6.10. The van der Waals surface area contributed by atoms with Crippen molar-refractivity contribution in [3.05, 3.63) is 47.0 Å². The summed E-state index contributed by atoms with van der Waals surface area (Å²) >= 11 is 0. The summed E-state index contributed by atoms with van der Waals surface area (Å²) in [7, 11) is 0. The van der Waals surface area contributed by atoms with Crippen LogP contribution in [0.4, 0.5) is 20.3 Å². The molecule has 32 heavy (non-hydrogen) atoms. The van der Waals surface area contributed by atoms with Gasteiger partial charge in [-0.25, -0.2) is 18.7 Å². The molecular weight excluding hydrogens is 418 g/mol. The van der Waals surface area contributed by atoms with Gasteiger partial charge in [-0.3, -0.25) is 9.48 Å². The number of nitrogen functional groups attached to an aromatic ring is 1. The van der Waals surface area contributed by atoms with Gasteiger partial charge in [0, 0.05) is 24.4 Å². The Hall–Kier alpha value is -3.56. The second-order valence-corrected chi connectivity index (χ2v) is 8.09. The minimum Gasteiger partial charge on any atom is -0.475 e. The van der Waals surface area contributed by atoms with E-state index in [1.807, 2.05) is 26.0 Å². The largest absolute Gasteiger partial charge is 0.475 e. The van der Waals surface area contributed by atoms with Gasteiger partial charge in [0.25, 0.3) is 11.8 Å². The molecule has 1 aromatic carbocycles. The van der Waals surface area contributed by atoms with Gasteiger partial charge in [-0.05, 0) is 49.6 Å². The number of hydrogen-bond acceptors (Lipinski definition) is 6. The van der Waals surface area contributed by atoms with E-state index < -0.39 is 12.5 Å². The molecule has 2 N–H and O–H groups in total. The van der Waals surface area contributed by atoms with Gasteiger partial charge in [0.1, 0.15) is 30.9 Å². The molecule has 3 heterocycles. The Morgan fingerprint density at radius 3 is 2.50 bits per heavy atom. The summed E-state index contributed by atoms with van der Waals surface area (Å²) in [6, 6.07) is 3.77. The maximum absolute atomic E-state index is 13.4. The molecule has 0 bridgehead atoms. The van der Waals surface area contributed by atoms with Crippen LogP contribution >= 0.6 is 0 Å². The van der Waals surface area contributed by atoms with Crippen LogP contribution in [0.15, 0.2) is 24.7 Å². The smallest absolute Gasteiger partial charge is 0.267 e. The van der Waals surface area contributed by atoms with Crippen molar-refractivity contribution in [2.75, 3.05) is 23.8 Å². The lowest BCUT2D eigenvalue weighted by Crippen LogP contribution is -2.33. The molecule has 0 saturated carbocycles. The number of halogens is 2. The number of carbonyl (C=O) groups excluding carboxylic acids is 1. The molecule has 1 amide bonds. The minimum absolute atomic E-state index is 0.0627. The molecule has 168 valence electrons. The second-order valence-electron chi connectivity index (χ2n) is 8.09. The fraction of sp³-hybridized carbons (Fsp3) is 0.364. The molecule has 0 spiro atoms. The molecule has 0 unspecified atom stereocenters. The predicted octanol–water partition coefficient (Wildman–Crippen LogP) is 3.54. The first-order valence-corrected chi connectivity index (χ1v) is 10.1. The zero-order valence-corrected chi connectivity index (χ0v) is 18.3. The first-order valence-electron chi connectivity index (χ1n) is 10.1. The van der Waals surface area contributed by atoms with Crippen molar-refractivity contribution < 1.29 is 18.3 Å². The highest BCUT2D eigenvalue weighted by Crippen LogP contribution is 2.35. The third kappa shape index (κ3) is 4.00. The van der Waals surface area contributed by atoms with E-state index in [-0.39, 0.29) is 29.8 Å². The Bertz CT molecular complexity index is 1180. The number of ether oxygens (including phenoxy) is 1. The van der Waals surface area contributed by atoms with Gasteiger partial charge in [0.2, 0.25) is 5.88 Å². The number of nitrogens with zero attached hydrogens (tertiary/aromatic N) is 5. The van der Waals surface area contributed by atoms with E-state index in [0.717, 1.165) is 29.2 Å². The molecule has 8 nitrogen and oxygen atoms in total. The number of aromatic nitrogens is 4. The van der Waals surface area contributed by atoms with Crippen molar-refractivity contribution in [1.82, 2.24) is 19.7 Å². The van der Waals surface area contributed by atoms with Crippen LogP contribution in [0.3, 0.4) is 0 Å².